The van der Waals surface area contributed by atoms with E-state index in [4.69, 9.17) is 0 Å². The lowest BCUT2D eigenvalue weighted by Gasteiger charge is -2.19. The molecule has 3 amide bonds. The van der Waals surface area contributed by atoms with Crippen LogP contribution in [-0.4, -0.2) is 18.5 Å². The number of anilines is 3. The Morgan fingerprint density at radius 2 is 1.93 bits per heavy atom. The van der Waals surface area contributed by atoms with Gasteiger partial charge in [-0.2, -0.15) is 13.2 Å². The van der Waals surface area contributed by atoms with Gasteiger partial charge in [0.05, 0.1) is 5.56 Å². The zero-order valence-corrected chi connectivity index (χ0v) is 15.2. The fourth-order valence-electron chi connectivity index (χ4n) is 2.92. The van der Waals surface area contributed by atoms with Gasteiger partial charge in [0.15, 0.2) is 0 Å². The molecule has 0 saturated heterocycles. The number of carbonyl (C=O) groups excluding carboxylic acids is 2. The van der Waals surface area contributed by atoms with E-state index in [-0.39, 0.29) is 11.7 Å². The van der Waals surface area contributed by atoms with Gasteiger partial charge in [-0.15, -0.1) is 0 Å². The van der Waals surface area contributed by atoms with Crippen LogP contribution in [0.3, 0.4) is 0 Å². The molecule has 0 heterocycles. The van der Waals surface area contributed by atoms with Crippen LogP contribution in [0.2, 0.25) is 0 Å². The van der Waals surface area contributed by atoms with Crippen molar-refractivity contribution in [1.82, 2.24) is 0 Å². The van der Waals surface area contributed by atoms with Crippen molar-refractivity contribution in [1.29, 1.82) is 0 Å². The molecule has 1 saturated carbocycles. The van der Waals surface area contributed by atoms with Crippen molar-refractivity contribution >= 4 is 29.5 Å². The Labute approximate surface area is 160 Å². The second-order valence-corrected chi connectivity index (χ2v) is 6.60. The number of hydrogen-bond donors (Lipinski definition) is 2. The van der Waals surface area contributed by atoms with Gasteiger partial charge in [-0.3, -0.25) is 4.79 Å². The molecular weight excluding hydrogens is 371 g/mol. The summed E-state index contributed by atoms with van der Waals surface area (Å²) in [4.78, 5) is 25.3. The summed E-state index contributed by atoms with van der Waals surface area (Å²) >= 11 is 0. The number of rotatable bonds is 6. The van der Waals surface area contributed by atoms with Gasteiger partial charge < -0.3 is 15.5 Å². The highest BCUT2D eigenvalue weighted by Gasteiger charge is 2.31. The largest absolute Gasteiger partial charge is 0.416 e. The minimum atomic E-state index is -4.49. The lowest BCUT2D eigenvalue weighted by molar-refractivity contribution is -0.137. The van der Waals surface area contributed by atoms with Crippen LogP contribution in [0.4, 0.5) is 35.0 Å². The van der Waals surface area contributed by atoms with Crippen LogP contribution in [0.25, 0.3) is 0 Å². The third-order valence-corrected chi connectivity index (χ3v) is 4.52. The molecule has 8 heteroatoms. The molecule has 1 aliphatic carbocycles. The first-order chi connectivity index (χ1) is 13.3. The van der Waals surface area contributed by atoms with E-state index in [9.17, 15) is 22.8 Å². The van der Waals surface area contributed by atoms with E-state index in [0.29, 0.717) is 17.8 Å². The van der Waals surface area contributed by atoms with Crippen LogP contribution < -0.4 is 15.5 Å². The van der Waals surface area contributed by atoms with Crippen LogP contribution in [0.15, 0.2) is 42.5 Å². The summed E-state index contributed by atoms with van der Waals surface area (Å²) in [7, 11) is 0. The molecule has 1 fully saturated rings. The highest BCUT2D eigenvalue weighted by atomic mass is 19.4. The number of carbonyl (C=O) groups is 2. The van der Waals surface area contributed by atoms with E-state index in [2.05, 4.69) is 10.6 Å². The van der Waals surface area contributed by atoms with Crippen molar-refractivity contribution in [2.75, 3.05) is 15.5 Å². The van der Waals surface area contributed by atoms with Crippen LogP contribution in [0.1, 0.15) is 30.9 Å². The van der Waals surface area contributed by atoms with E-state index in [0.717, 1.165) is 36.9 Å². The lowest BCUT2D eigenvalue weighted by atomic mass is 10.1. The van der Waals surface area contributed by atoms with Crippen LogP contribution in [-0.2, 0) is 17.4 Å². The summed E-state index contributed by atoms with van der Waals surface area (Å²) in [6, 6.07) is 9.30. The van der Waals surface area contributed by atoms with Gasteiger partial charge >= 0.3 is 12.2 Å². The Hall–Kier alpha value is -3.03. The van der Waals surface area contributed by atoms with Gasteiger partial charge in [0.1, 0.15) is 0 Å². The summed E-state index contributed by atoms with van der Waals surface area (Å²) in [5.41, 5.74) is 1.23. The first kappa shape index (κ1) is 19.7. The average molecular weight is 391 g/mol. The van der Waals surface area contributed by atoms with Gasteiger partial charge in [-0.25, -0.2) is 4.79 Å². The maximum atomic E-state index is 12.8. The Bertz CT molecular complexity index is 879. The molecule has 0 radical (unpaired) electrons. The SMILES string of the molecule is CCc1ccc(N(C=O)C2CC2)cc1NC(=O)Nc1cccc(C(F)(F)F)c1. The van der Waals surface area contributed by atoms with E-state index in [1.54, 1.807) is 11.0 Å². The van der Waals surface area contributed by atoms with Crippen molar-refractivity contribution in [3.8, 4) is 0 Å². The third kappa shape index (κ3) is 4.62. The normalized spacial score (nSPS) is 13.7. The van der Waals surface area contributed by atoms with Crippen molar-refractivity contribution in [3.05, 3.63) is 53.6 Å². The number of alkyl halides is 3. The molecule has 0 bridgehead atoms. The number of nitrogens with zero attached hydrogens (tertiary/aromatic N) is 1. The number of hydrogen-bond acceptors (Lipinski definition) is 2. The van der Waals surface area contributed by atoms with E-state index in [1.807, 2.05) is 19.1 Å². The Balaban J connectivity index is 1.77. The molecule has 1 aliphatic rings. The zero-order valence-electron chi connectivity index (χ0n) is 15.2. The molecule has 28 heavy (non-hydrogen) atoms. The number of urea groups is 1. The Morgan fingerprint density at radius 1 is 1.18 bits per heavy atom. The molecule has 0 unspecified atom stereocenters. The summed E-state index contributed by atoms with van der Waals surface area (Å²) in [5.74, 6) is 0. The quantitative estimate of drug-likeness (QED) is 0.678. The molecule has 0 atom stereocenters. The summed E-state index contributed by atoms with van der Waals surface area (Å²) in [5, 5.41) is 5.09. The van der Waals surface area contributed by atoms with E-state index in [1.165, 1.54) is 12.1 Å². The number of aryl methyl sites for hydroxylation is 1. The van der Waals surface area contributed by atoms with Gasteiger partial charge in [0.2, 0.25) is 6.41 Å². The predicted octanol–water partition coefficient (Wildman–Crippen LogP) is 5.04. The number of amides is 3. The van der Waals surface area contributed by atoms with Crippen molar-refractivity contribution in [2.45, 2.75) is 38.4 Å². The Kier molecular flexibility index (Phi) is 5.58. The first-order valence-corrected chi connectivity index (χ1v) is 8.93. The minimum absolute atomic E-state index is 0.0361. The molecule has 148 valence electrons. The molecule has 0 aromatic heterocycles. The van der Waals surface area contributed by atoms with Crippen molar-refractivity contribution in [3.63, 3.8) is 0 Å². The van der Waals surface area contributed by atoms with E-state index >= 15 is 0 Å². The van der Waals surface area contributed by atoms with Gasteiger partial charge in [0.25, 0.3) is 0 Å². The van der Waals surface area contributed by atoms with Crippen LogP contribution in [0.5, 0.6) is 0 Å². The maximum absolute atomic E-state index is 12.8. The second kappa shape index (κ2) is 7.92. The highest BCUT2D eigenvalue weighted by Crippen LogP contribution is 2.33. The van der Waals surface area contributed by atoms with E-state index < -0.39 is 17.8 Å². The van der Waals surface area contributed by atoms with Gasteiger partial charge in [0, 0.05) is 23.1 Å². The van der Waals surface area contributed by atoms with Crippen molar-refractivity contribution < 1.29 is 22.8 Å². The molecule has 2 N–H and O–H groups in total. The fourth-order valence-corrected chi connectivity index (χ4v) is 2.92. The molecule has 2 aromatic carbocycles. The highest BCUT2D eigenvalue weighted by molar-refractivity contribution is 6.00. The minimum Gasteiger partial charge on any atom is -0.312 e. The number of nitrogens with one attached hydrogen (secondary N) is 2. The number of benzene rings is 2. The average Bonchev–Trinajstić information content (AvgIpc) is 3.47. The van der Waals surface area contributed by atoms with Gasteiger partial charge in [-0.05, 0) is 55.2 Å². The fraction of sp³-hybridized carbons (Fsp3) is 0.300. The van der Waals surface area contributed by atoms with Crippen molar-refractivity contribution in [2.24, 2.45) is 0 Å². The van der Waals surface area contributed by atoms with Gasteiger partial charge in [-0.1, -0.05) is 19.1 Å². The zero-order chi connectivity index (χ0) is 20.3. The second-order valence-electron chi connectivity index (χ2n) is 6.60. The summed E-state index contributed by atoms with van der Waals surface area (Å²) < 4.78 is 38.4. The van der Waals surface area contributed by atoms with Crippen LogP contribution in [0, 0.1) is 0 Å². The summed E-state index contributed by atoms with van der Waals surface area (Å²) in [6.07, 6.45) is -1.20. The topological polar surface area (TPSA) is 61.4 Å². The van der Waals surface area contributed by atoms with Crippen LogP contribution >= 0.6 is 0 Å². The number of halogens is 3. The Morgan fingerprint density at radius 3 is 2.54 bits per heavy atom. The smallest absolute Gasteiger partial charge is 0.312 e. The molecular formula is C20H20F3N3O2. The third-order valence-electron chi connectivity index (χ3n) is 4.52. The molecule has 0 spiro atoms. The maximum Gasteiger partial charge on any atom is 0.416 e. The molecule has 0 aliphatic heterocycles. The monoisotopic (exact) mass is 391 g/mol. The molecule has 5 nitrogen and oxygen atoms in total. The molecule has 3 rings (SSSR count). The summed E-state index contributed by atoms with van der Waals surface area (Å²) in [6.45, 7) is 1.92. The lowest BCUT2D eigenvalue weighted by Crippen LogP contribution is -2.24. The first-order valence-electron chi connectivity index (χ1n) is 8.93. The molecule has 2 aromatic rings. The predicted molar refractivity (Wildman–Crippen MR) is 101 cm³/mol. The standard InChI is InChI=1S/C20H20F3N3O2/c1-2-13-6-7-17(26(12-27)16-8-9-16)11-18(13)25-19(28)24-15-5-3-4-14(10-15)20(21,22)23/h3-7,10-12,16H,2,8-9H2,1H3,(H2,24,25,28).